The van der Waals surface area contributed by atoms with Crippen molar-refractivity contribution in [3.05, 3.63) is 47.5 Å². The summed E-state index contributed by atoms with van der Waals surface area (Å²) in [5, 5.41) is 0. The number of rotatable bonds is 6. The smallest absolute Gasteiger partial charge is 0.293 e. The predicted molar refractivity (Wildman–Crippen MR) is 71.1 cm³/mol. The van der Waals surface area contributed by atoms with Gasteiger partial charge in [0.1, 0.15) is 0 Å². The highest BCUT2D eigenvalue weighted by Gasteiger charge is 2.11. The van der Waals surface area contributed by atoms with E-state index in [9.17, 15) is 4.79 Å². The Morgan fingerprint density at radius 3 is 2.78 bits per heavy atom. The SMILES string of the molecule is O=COCCC1=CCN(Cc2ccccc2)CC1. The maximum absolute atomic E-state index is 10.1. The molecule has 0 aliphatic carbocycles. The summed E-state index contributed by atoms with van der Waals surface area (Å²) < 4.78 is 4.72. The highest BCUT2D eigenvalue weighted by Crippen LogP contribution is 2.16. The summed E-state index contributed by atoms with van der Waals surface area (Å²) in [4.78, 5) is 12.5. The molecule has 0 amide bonds. The molecule has 1 aliphatic heterocycles. The molecule has 96 valence electrons. The van der Waals surface area contributed by atoms with Crippen molar-refractivity contribution in [3.8, 4) is 0 Å². The molecule has 3 nitrogen and oxygen atoms in total. The minimum absolute atomic E-state index is 0.508. The highest BCUT2D eigenvalue weighted by molar-refractivity contribution is 5.36. The minimum atomic E-state index is 0.508. The van der Waals surface area contributed by atoms with Gasteiger partial charge in [0.2, 0.25) is 0 Å². The lowest BCUT2D eigenvalue weighted by Crippen LogP contribution is -2.28. The van der Waals surface area contributed by atoms with Crippen LogP contribution in [0.3, 0.4) is 0 Å². The zero-order valence-electron chi connectivity index (χ0n) is 10.5. The molecule has 0 unspecified atom stereocenters. The van der Waals surface area contributed by atoms with Gasteiger partial charge >= 0.3 is 0 Å². The summed E-state index contributed by atoms with van der Waals surface area (Å²) in [7, 11) is 0. The monoisotopic (exact) mass is 245 g/mol. The van der Waals surface area contributed by atoms with Gasteiger partial charge < -0.3 is 4.74 Å². The standard InChI is InChI=1S/C15H19NO2/c17-13-18-11-8-14-6-9-16(10-7-14)12-15-4-2-1-3-5-15/h1-6,13H,7-12H2. The zero-order chi connectivity index (χ0) is 12.6. The van der Waals surface area contributed by atoms with Crippen molar-refractivity contribution in [2.24, 2.45) is 0 Å². The van der Waals surface area contributed by atoms with Gasteiger partial charge in [-0.25, -0.2) is 0 Å². The minimum Gasteiger partial charge on any atom is -0.468 e. The lowest BCUT2D eigenvalue weighted by molar-refractivity contribution is -0.128. The van der Waals surface area contributed by atoms with Gasteiger partial charge in [-0.3, -0.25) is 9.69 Å². The number of nitrogens with zero attached hydrogens (tertiary/aromatic N) is 1. The van der Waals surface area contributed by atoms with Crippen molar-refractivity contribution < 1.29 is 9.53 Å². The molecule has 0 bridgehead atoms. The van der Waals surface area contributed by atoms with Crippen LogP contribution in [0.4, 0.5) is 0 Å². The van der Waals surface area contributed by atoms with Gasteiger partial charge in [-0.1, -0.05) is 42.0 Å². The van der Waals surface area contributed by atoms with Gasteiger partial charge in [0.25, 0.3) is 6.47 Å². The van der Waals surface area contributed by atoms with Crippen LogP contribution in [0.15, 0.2) is 42.0 Å². The maximum Gasteiger partial charge on any atom is 0.293 e. The third-order valence-corrected chi connectivity index (χ3v) is 3.25. The summed E-state index contributed by atoms with van der Waals surface area (Å²) in [5.74, 6) is 0. The first-order valence-corrected chi connectivity index (χ1v) is 6.38. The molecule has 0 saturated carbocycles. The van der Waals surface area contributed by atoms with Crippen molar-refractivity contribution in [2.75, 3.05) is 19.7 Å². The molecular weight excluding hydrogens is 226 g/mol. The van der Waals surface area contributed by atoms with Gasteiger partial charge in [-0.2, -0.15) is 0 Å². The number of carbonyl (C=O) groups excluding carboxylic acids is 1. The summed E-state index contributed by atoms with van der Waals surface area (Å²) in [5.41, 5.74) is 2.76. The van der Waals surface area contributed by atoms with Crippen molar-refractivity contribution in [1.29, 1.82) is 0 Å². The van der Waals surface area contributed by atoms with Crippen LogP contribution in [0.2, 0.25) is 0 Å². The van der Waals surface area contributed by atoms with Crippen molar-refractivity contribution in [3.63, 3.8) is 0 Å². The van der Waals surface area contributed by atoms with Crippen LogP contribution in [0.1, 0.15) is 18.4 Å². The Balaban J connectivity index is 1.77. The van der Waals surface area contributed by atoms with E-state index in [4.69, 9.17) is 4.74 Å². The van der Waals surface area contributed by atoms with E-state index in [1.807, 2.05) is 6.07 Å². The Morgan fingerprint density at radius 1 is 1.28 bits per heavy atom. The molecule has 0 saturated heterocycles. The van der Waals surface area contributed by atoms with E-state index in [-0.39, 0.29) is 0 Å². The molecule has 1 heterocycles. The molecule has 0 spiro atoms. The molecule has 0 atom stereocenters. The lowest BCUT2D eigenvalue weighted by Gasteiger charge is -2.26. The van der Waals surface area contributed by atoms with Gasteiger partial charge in [-0.05, 0) is 12.0 Å². The number of ether oxygens (including phenoxy) is 1. The first-order valence-electron chi connectivity index (χ1n) is 6.38. The summed E-state index contributed by atoms with van der Waals surface area (Å²) in [6.07, 6.45) is 4.22. The van der Waals surface area contributed by atoms with Gasteiger partial charge in [0, 0.05) is 26.1 Å². The number of hydrogen-bond acceptors (Lipinski definition) is 3. The van der Waals surface area contributed by atoms with Crippen LogP contribution in [-0.4, -0.2) is 31.1 Å². The lowest BCUT2D eigenvalue weighted by atomic mass is 10.0. The molecular formula is C15H19NO2. The average Bonchev–Trinajstić information content (AvgIpc) is 2.42. The fraction of sp³-hybridized carbons (Fsp3) is 0.400. The Morgan fingerprint density at radius 2 is 2.11 bits per heavy atom. The second kappa shape index (κ2) is 6.97. The summed E-state index contributed by atoms with van der Waals surface area (Å²) >= 11 is 0. The third kappa shape index (κ3) is 4.00. The average molecular weight is 245 g/mol. The number of carbonyl (C=O) groups is 1. The van der Waals surface area contributed by atoms with E-state index in [1.165, 1.54) is 11.1 Å². The Hall–Kier alpha value is -1.61. The predicted octanol–water partition coefficient (Wildman–Crippen LogP) is 2.38. The molecule has 2 rings (SSSR count). The highest BCUT2D eigenvalue weighted by atomic mass is 16.5. The number of hydrogen-bond donors (Lipinski definition) is 0. The fourth-order valence-corrected chi connectivity index (χ4v) is 2.20. The number of benzene rings is 1. The van der Waals surface area contributed by atoms with Crippen LogP contribution in [-0.2, 0) is 16.1 Å². The van der Waals surface area contributed by atoms with Crippen LogP contribution < -0.4 is 0 Å². The Bertz CT molecular complexity index is 400. The molecule has 18 heavy (non-hydrogen) atoms. The van der Waals surface area contributed by atoms with Gasteiger partial charge in [0.15, 0.2) is 0 Å². The van der Waals surface area contributed by atoms with Crippen molar-refractivity contribution >= 4 is 6.47 Å². The quantitative estimate of drug-likeness (QED) is 0.438. The van der Waals surface area contributed by atoms with E-state index in [0.717, 1.165) is 32.5 Å². The maximum atomic E-state index is 10.1. The van der Waals surface area contributed by atoms with E-state index >= 15 is 0 Å². The molecule has 1 aromatic rings. The van der Waals surface area contributed by atoms with E-state index in [2.05, 4.69) is 35.2 Å². The molecule has 0 aromatic heterocycles. The summed E-state index contributed by atoms with van der Waals surface area (Å²) in [6.45, 7) is 4.11. The topological polar surface area (TPSA) is 29.5 Å². The second-order valence-electron chi connectivity index (χ2n) is 4.55. The van der Waals surface area contributed by atoms with Crippen LogP contribution in [0, 0.1) is 0 Å². The summed E-state index contributed by atoms with van der Waals surface area (Å²) in [6, 6.07) is 10.5. The van der Waals surface area contributed by atoms with Crippen LogP contribution >= 0.6 is 0 Å². The van der Waals surface area contributed by atoms with E-state index < -0.39 is 0 Å². The largest absolute Gasteiger partial charge is 0.468 e. The van der Waals surface area contributed by atoms with Crippen molar-refractivity contribution in [1.82, 2.24) is 4.90 Å². The first kappa shape index (κ1) is 12.8. The molecule has 1 aliphatic rings. The third-order valence-electron chi connectivity index (χ3n) is 3.25. The molecule has 0 fully saturated rings. The molecule has 0 N–H and O–H groups in total. The Kier molecular flexibility index (Phi) is 4.97. The molecule has 0 radical (unpaired) electrons. The Labute approximate surface area is 108 Å². The molecule has 1 aromatic carbocycles. The van der Waals surface area contributed by atoms with Gasteiger partial charge in [0.05, 0.1) is 6.61 Å². The van der Waals surface area contributed by atoms with E-state index in [0.29, 0.717) is 13.1 Å². The van der Waals surface area contributed by atoms with Crippen LogP contribution in [0.25, 0.3) is 0 Å². The van der Waals surface area contributed by atoms with E-state index in [1.54, 1.807) is 0 Å². The van der Waals surface area contributed by atoms with Gasteiger partial charge in [-0.15, -0.1) is 0 Å². The fourth-order valence-electron chi connectivity index (χ4n) is 2.20. The molecule has 3 heteroatoms. The second-order valence-corrected chi connectivity index (χ2v) is 4.55. The van der Waals surface area contributed by atoms with Crippen molar-refractivity contribution in [2.45, 2.75) is 19.4 Å². The normalized spacial score (nSPS) is 16.1. The van der Waals surface area contributed by atoms with Crippen LogP contribution in [0.5, 0.6) is 0 Å². The zero-order valence-corrected chi connectivity index (χ0v) is 10.5. The first-order chi connectivity index (χ1) is 8.88.